The Balaban J connectivity index is 2.49. The lowest BCUT2D eigenvalue weighted by molar-refractivity contribution is 0.322. The van der Waals surface area contributed by atoms with Crippen molar-refractivity contribution < 1.29 is 9.13 Å². The predicted molar refractivity (Wildman–Crippen MR) is 45.4 cm³/mol. The van der Waals surface area contributed by atoms with Crippen molar-refractivity contribution in [3.8, 4) is 5.75 Å². The molecule has 0 spiro atoms. The second kappa shape index (κ2) is 2.83. The van der Waals surface area contributed by atoms with E-state index in [4.69, 9.17) is 16.3 Å². The SMILES string of the molecule is Fc1cc2c(cc1Cl)OCCN2. The van der Waals surface area contributed by atoms with Crippen molar-refractivity contribution in [2.75, 3.05) is 18.5 Å². The lowest BCUT2D eigenvalue weighted by Gasteiger charge is -2.19. The van der Waals surface area contributed by atoms with Crippen molar-refractivity contribution in [2.45, 2.75) is 0 Å². The maximum Gasteiger partial charge on any atom is 0.144 e. The molecule has 12 heavy (non-hydrogen) atoms. The first kappa shape index (κ1) is 7.68. The van der Waals surface area contributed by atoms with Gasteiger partial charge < -0.3 is 10.1 Å². The quantitative estimate of drug-likeness (QED) is 0.673. The van der Waals surface area contributed by atoms with Crippen LogP contribution in [0.5, 0.6) is 5.75 Å². The van der Waals surface area contributed by atoms with Gasteiger partial charge in [0.1, 0.15) is 18.2 Å². The summed E-state index contributed by atoms with van der Waals surface area (Å²) < 4.78 is 18.1. The van der Waals surface area contributed by atoms with Crippen molar-refractivity contribution in [2.24, 2.45) is 0 Å². The van der Waals surface area contributed by atoms with Crippen LogP contribution in [0.25, 0.3) is 0 Å². The summed E-state index contributed by atoms with van der Waals surface area (Å²) >= 11 is 5.56. The zero-order valence-corrected chi connectivity index (χ0v) is 6.99. The molecule has 0 saturated carbocycles. The average Bonchev–Trinajstić information content (AvgIpc) is 2.07. The van der Waals surface area contributed by atoms with E-state index in [0.29, 0.717) is 24.6 Å². The van der Waals surface area contributed by atoms with Gasteiger partial charge in [-0.05, 0) is 0 Å². The molecule has 64 valence electrons. The number of fused-ring (bicyclic) bond motifs is 1. The molecule has 0 bridgehead atoms. The molecule has 1 N–H and O–H groups in total. The van der Waals surface area contributed by atoms with Crippen LogP contribution in [0.4, 0.5) is 10.1 Å². The molecule has 0 fully saturated rings. The molecule has 1 aliphatic heterocycles. The van der Waals surface area contributed by atoms with Gasteiger partial charge in [-0.1, -0.05) is 11.6 Å². The van der Waals surface area contributed by atoms with Gasteiger partial charge in [-0.3, -0.25) is 0 Å². The Labute approximate surface area is 74.3 Å². The molecule has 1 aromatic rings. The van der Waals surface area contributed by atoms with E-state index in [1.54, 1.807) is 0 Å². The van der Waals surface area contributed by atoms with E-state index in [2.05, 4.69) is 5.32 Å². The highest BCUT2D eigenvalue weighted by Crippen LogP contribution is 2.32. The number of hydrogen-bond donors (Lipinski definition) is 1. The smallest absolute Gasteiger partial charge is 0.144 e. The molecule has 1 aliphatic rings. The predicted octanol–water partition coefficient (Wildman–Crippen LogP) is 2.28. The third-order valence-corrected chi connectivity index (χ3v) is 1.99. The van der Waals surface area contributed by atoms with Crippen LogP contribution in [0, 0.1) is 5.82 Å². The van der Waals surface area contributed by atoms with Crippen molar-refractivity contribution in [1.82, 2.24) is 0 Å². The molecule has 1 aromatic carbocycles. The number of rotatable bonds is 0. The molecule has 0 unspecified atom stereocenters. The number of hydrogen-bond acceptors (Lipinski definition) is 2. The second-order valence-electron chi connectivity index (χ2n) is 2.54. The highest BCUT2D eigenvalue weighted by atomic mass is 35.5. The molecule has 4 heteroatoms. The minimum absolute atomic E-state index is 0.0949. The fourth-order valence-electron chi connectivity index (χ4n) is 1.13. The van der Waals surface area contributed by atoms with E-state index in [9.17, 15) is 4.39 Å². The van der Waals surface area contributed by atoms with Crippen LogP contribution in [0.3, 0.4) is 0 Å². The van der Waals surface area contributed by atoms with Crippen molar-refractivity contribution >= 4 is 17.3 Å². The molecule has 0 amide bonds. The van der Waals surface area contributed by atoms with Crippen LogP contribution >= 0.6 is 11.6 Å². The van der Waals surface area contributed by atoms with Gasteiger partial charge in [0.05, 0.1) is 10.7 Å². The number of anilines is 1. The summed E-state index contributed by atoms with van der Waals surface area (Å²) in [6, 6.07) is 2.83. The van der Waals surface area contributed by atoms with Gasteiger partial charge in [0, 0.05) is 18.7 Å². The Hall–Kier alpha value is -0.960. The first-order valence-electron chi connectivity index (χ1n) is 3.63. The van der Waals surface area contributed by atoms with E-state index in [-0.39, 0.29) is 5.02 Å². The Bertz CT molecular complexity index is 285. The molecule has 0 aliphatic carbocycles. The van der Waals surface area contributed by atoms with Crippen molar-refractivity contribution in [3.05, 3.63) is 23.0 Å². The average molecular weight is 188 g/mol. The third kappa shape index (κ3) is 1.20. The fraction of sp³-hybridized carbons (Fsp3) is 0.250. The number of benzene rings is 1. The maximum atomic E-state index is 12.9. The third-order valence-electron chi connectivity index (χ3n) is 1.70. The standard InChI is InChI=1S/C8H7ClFNO/c9-5-3-8-7(4-6(5)10)11-1-2-12-8/h3-4,11H,1-2H2. The topological polar surface area (TPSA) is 21.3 Å². The molecule has 0 radical (unpaired) electrons. The van der Waals surface area contributed by atoms with E-state index >= 15 is 0 Å². The van der Waals surface area contributed by atoms with Crippen LogP contribution < -0.4 is 10.1 Å². The largest absolute Gasteiger partial charge is 0.490 e. The molecule has 2 rings (SSSR count). The number of ether oxygens (including phenoxy) is 1. The summed E-state index contributed by atoms with van der Waals surface area (Å²) in [5, 5.41) is 3.10. The van der Waals surface area contributed by atoms with Crippen LogP contribution in [-0.2, 0) is 0 Å². The zero-order chi connectivity index (χ0) is 8.55. The Morgan fingerprint density at radius 3 is 3.17 bits per heavy atom. The minimum atomic E-state index is -0.423. The van der Waals surface area contributed by atoms with Gasteiger partial charge in [0.2, 0.25) is 0 Å². The van der Waals surface area contributed by atoms with Gasteiger partial charge in [-0.15, -0.1) is 0 Å². The van der Waals surface area contributed by atoms with Crippen LogP contribution in [0.1, 0.15) is 0 Å². The van der Waals surface area contributed by atoms with Gasteiger partial charge in [0.25, 0.3) is 0 Å². The van der Waals surface area contributed by atoms with E-state index in [1.165, 1.54) is 12.1 Å². The second-order valence-corrected chi connectivity index (χ2v) is 2.94. The Kier molecular flexibility index (Phi) is 1.81. The monoisotopic (exact) mass is 187 g/mol. The molecule has 0 saturated heterocycles. The molecule has 1 heterocycles. The highest BCUT2D eigenvalue weighted by Gasteiger charge is 2.12. The summed E-state index contributed by atoms with van der Waals surface area (Å²) in [7, 11) is 0. The maximum absolute atomic E-state index is 12.9. The highest BCUT2D eigenvalue weighted by molar-refractivity contribution is 6.31. The first-order chi connectivity index (χ1) is 5.77. The van der Waals surface area contributed by atoms with Gasteiger partial charge >= 0.3 is 0 Å². The molecular weight excluding hydrogens is 181 g/mol. The molecular formula is C8H7ClFNO. The van der Waals surface area contributed by atoms with Gasteiger partial charge in [-0.25, -0.2) is 4.39 Å². The molecule has 0 aromatic heterocycles. The van der Waals surface area contributed by atoms with Crippen LogP contribution in [0.15, 0.2) is 12.1 Å². The fourth-order valence-corrected chi connectivity index (χ4v) is 1.29. The number of nitrogens with one attached hydrogen (secondary N) is 1. The normalized spacial score (nSPS) is 14.5. The minimum Gasteiger partial charge on any atom is -0.490 e. The zero-order valence-electron chi connectivity index (χ0n) is 6.23. The summed E-state index contributed by atoms with van der Waals surface area (Å²) in [5.41, 5.74) is 0.670. The van der Waals surface area contributed by atoms with Gasteiger partial charge in [-0.2, -0.15) is 0 Å². The Morgan fingerprint density at radius 2 is 2.33 bits per heavy atom. The summed E-state index contributed by atoms with van der Waals surface area (Å²) in [6.45, 7) is 1.29. The van der Waals surface area contributed by atoms with E-state index < -0.39 is 5.82 Å². The summed E-state index contributed by atoms with van der Waals surface area (Å²) in [6.07, 6.45) is 0. The van der Waals surface area contributed by atoms with Gasteiger partial charge in [0.15, 0.2) is 0 Å². The Morgan fingerprint density at radius 1 is 1.50 bits per heavy atom. The van der Waals surface area contributed by atoms with Crippen LogP contribution in [0.2, 0.25) is 5.02 Å². The lowest BCUT2D eigenvalue weighted by Crippen LogP contribution is -2.18. The number of halogens is 2. The van der Waals surface area contributed by atoms with Crippen LogP contribution in [-0.4, -0.2) is 13.2 Å². The molecule has 0 atom stereocenters. The van der Waals surface area contributed by atoms with Crippen molar-refractivity contribution in [3.63, 3.8) is 0 Å². The first-order valence-corrected chi connectivity index (χ1v) is 4.01. The van der Waals surface area contributed by atoms with E-state index in [1.807, 2.05) is 0 Å². The lowest BCUT2D eigenvalue weighted by atomic mass is 10.2. The summed E-state index contributed by atoms with van der Waals surface area (Å²) in [5.74, 6) is 0.195. The summed E-state index contributed by atoms with van der Waals surface area (Å²) in [4.78, 5) is 0. The van der Waals surface area contributed by atoms with E-state index in [0.717, 1.165) is 0 Å². The van der Waals surface area contributed by atoms with Crippen molar-refractivity contribution in [1.29, 1.82) is 0 Å². The molecule has 2 nitrogen and oxygen atoms in total.